The van der Waals surface area contributed by atoms with Crippen LogP contribution in [-0.2, 0) is 11.3 Å². The molecule has 5 rings (SSSR count). The minimum absolute atomic E-state index is 0.154. The fraction of sp³-hybridized carbons (Fsp3) is 0.462. The number of hydrogen-bond donors (Lipinski definition) is 2. The lowest BCUT2D eigenvalue weighted by molar-refractivity contribution is -0.130. The van der Waals surface area contributed by atoms with Gasteiger partial charge in [-0.25, -0.2) is 4.79 Å². The second kappa shape index (κ2) is 9.55. The molecule has 1 aromatic heterocycles. The molecule has 0 aliphatic carbocycles. The van der Waals surface area contributed by atoms with Crippen LogP contribution in [0.15, 0.2) is 41.2 Å². The van der Waals surface area contributed by atoms with Crippen LogP contribution < -0.4 is 16.2 Å². The molecule has 2 unspecified atom stereocenters. The molecule has 3 aliphatic rings. The summed E-state index contributed by atoms with van der Waals surface area (Å²) in [6.45, 7) is 5.80. The third kappa shape index (κ3) is 4.80. The number of benzene rings is 1. The van der Waals surface area contributed by atoms with Gasteiger partial charge in [0.15, 0.2) is 0 Å². The van der Waals surface area contributed by atoms with Crippen molar-refractivity contribution in [2.45, 2.75) is 44.7 Å². The Morgan fingerprint density at radius 2 is 1.86 bits per heavy atom. The minimum Gasteiger partial charge on any atom is -0.343 e. The number of anilines is 2. The highest BCUT2D eigenvalue weighted by Gasteiger charge is 2.38. The van der Waals surface area contributed by atoms with Gasteiger partial charge in [0.1, 0.15) is 5.69 Å². The molecule has 182 valence electrons. The molecule has 9 nitrogen and oxygen atoms in total. The van der Waals surface area contributed by atoms with E-state index in [-0.39, 0.29) is 23.1 Å². The van der Waals surface area contributed by atoms with Crippen LogP contribution >= 0.6 is 0 Å². The molecule has 2 atom stereocenters. The Morgan fingerprint density at radius 1 is 1.06 bits per heavy atom. The van der Waals surface area contributed by atoms with Crippen LogP contribution in [-0.4, -0.2) is 58.5 Å². The lowest BCUT2D eigenvalue weighted by atomic mass is 9.82. The van der Waals surface area contributed by atoms with Gasteiger partial charge in [-0.05, 0) is 55.5 Å². The van der Waals surface area contributed by atoms with E-state index in [4.69, 9.17) is 5.26 Å². The van der Waals surface area contributed by atoms with E-state index in [1.807, 2.05) is 21.6 Å². The van der Waals surface area contributed by atoms with Crippen molar-refractivity contribution in [1.29, 1.82) is 5.26 Å². The Bertz CT molecular complexity index is 1240. The maximum atomic E-state index is 13.2. The monoisotopic (exact) mass is 474 g/mol. The van der Waals surface area contributed by atoms with Crippen molar-refractivity contribution in [2.24, 2.45) is 5.92 Å². The smallest absolute Gasteiger partial charge is 0.323 e. The molecule has 2 saturated heterocycles. The van der Waals surface area contributed by atoms with Crippen LogP contribution in [0.25, 0.3) is 0 Å². The molecule has 0 saturated carbocycles. The van der Waals surface area contributed by atoms with Crippen molar-refractivity contribution >= 4 is 23.3 Å². The fourth-order valence-electron chi connectivity index (χ4n) is 5.87. The third-order valence-corrected chi connectivity index (χ3v) is 7.56. The van der Waals surface area contributed by atoms with Crippen LogP contribution in [0, 0.1) is 17.2 Å². The maximum absolute atomic E-state index is 13.2. The summed E-state index contributed by atoms with van der Waals surface area (Å²) in [5.74, 6) is 0.835. The predicted molar refractivity (Wildman–Crippen MR) is 132 cm³/mol. The Kier molecular flexibility index (Phi) is 6.31. The number of nitrogens with zero attached hydrogens (tertiary/aromatic N) is 4. The van der Waals surface area contributed by atoms with Crippen molar-refractivity contribution in [3.05, 3.63) is 58.0 Å². The number of fused-ring (bicyclic) bond motifs is 4. The number of nitriles is 1. The van der Waals surface area contributed by atoms with E-state index in [1.165, 1.54) is 0 Å². The first-order valence-electron chi connectivity index (χ1n) is 12.2. The van der Waals surface area contributed by atoms with Gasteiger partial charge in [-0.3, -0.25) is 14.5 Å². The summed E-state index contributed by atoms with van der Waals surface area (Å²) in [4.78, 5) is 41.9. The van der Waals surface area contributed by atoms with Gasteiger partial charge in [0.25, 0.3) is 5.56 Å². The molecule has 3 aliphatic heterocycles. The van der Waals surface area contributed by atoms with Crippen LogP contribution in [0.3, 0.4) is 0 Å². The van der Waals surface area contributed by atoms with Gasteiger partial charge in [0.2, 0.25) is 5.91 Å². The summed E-state index contributed by atoms with van der Waals surface area (Å²) in [5, 5.41) is 14.4. The molecule has 0 radical (unpaired) electrons. The Hall–Kier alpha value is -3.64. The quantitative estimate of drug-likeness (QED) is 0.711. The standard InChI is InChI=1S/C26H30N6O3/c1-17(33)30-9-7-22(8-10-30)31-14-19-11-20(16-31)24-6-5-23(25(34)32(24)15-19)29-26(35)28-21-4-2-3-18(12-21)13-27/h2-6,12,19-20,22H,7-11,14-16H2,1H3,(H2,28,29,35). The molecule has 2 bridgehead atoms. The van der Waals surface area contributed by atoms with E-state index in [0.29, 0.717) is 29.8 Å². The lowest BCUT2D eigenvalue weighted by Gasteiger charge is -2.47. The van der Waals surface area contributed by atoms with E-state index in [9.17, 15) is 14.4 Å². The number of rotatable bonds is 3. The summed E-state index contributed by atoms with van der Waals surface area (Å²) in [7, 11) is 0. The SMILES string of the molecule is CC(=O)N1CCC(N2CC3CC(C2)c2ccc(NC(=O)Nc4cccc(C#N)c4)c(=O)n2C3)CC1. The van der Waals surface area contributed by atoms with Gasteiger partial charge in [-0.15, -0.1) is 0 Å². The van der Waals surface area contributed by atoms with Crippen LogP contribution in [0.1, 0.15) is 43.4 Å². The summed E-state index contributed by atoms with van der Waals surface area (Å²) in [5.41, 5.74) is 2.03. The van der Waals surface area contributed by atoms with Crippen LogP contribution in [0.4, 0.5) is 16.2 Å². The Morgan fingerprint density at radius 3 is 2.60 bits per heavy atom. The molecule has 4 heterocycles. The highest BCUT2D eigenvalue weighted by molar-refractivity contribution is 5.99. The topological polar surface area (TPSA) is 110 Å². The van der Waals surface area contributed by atoms with Crippen molar-refractivity contribution in [3.63, 3.8) is 0 Å². The highest BCUT2D eigenvalue weighted by Crippen LogP contribution is 2.37. The number of nitrogens with one attached hydrogen (secondary N) is 2. The fourth-order valence-corrected chi connectivity index (χ4v) is 5.87. The van der Waals surface area contributed by atoms with E-state index in [1.54, 1.807) is 37.3 Å². The van der Waals surface area contributed by atoms with E-state index in [0.717, 1.165) is 51.1 Å². The number of likely N-dealkylation sites (tertiary alicyclic amines) is 2. The molecule has 3 amide bonds. The number of pyridine rings is 1. The summed E-state index contributed by atoms with van der Waals surface area (Å²) in [6, 6.07) is 12.3. The van der Waals surface area contributed by atoms with Gasteiger partial charge in [0, 0.05) is 63.0 Å². The molecular formula is C26H30N6O3. The molecule has 9 heteroatoms. The first kappa shape index (κ1) is 23.1. The molecule has 2 N–H and O–H groups in total. The second-order valence-electron chi connectivity index (χ2n) is 9.85. The number of urea groups is 1. The molecule has 2 fully saturated rings. The van der Waals surface area contributed by atoms with Crippen molar-refractivity contribution in [1.82, 2.24) is 14.4 Å². The number of aromatic nitrogens is 1. The average molecular weight is 475 g/mol. The largest absolute Gasteiger partial charge is 0.343 e. The zero-order chi connectivity index (χ0) is 24.5. The summed E-state index contributed by atoms with van der Waals surface area (Å²) < 4.78 is 1.83. The molecule has 35 heavy (non-hydrogen) atoms. The Labute approximate surface area is 204 Å². The molecule has 0 spiro atoms. The van der Waals surface area contributed by atoms with Crippen LogP contribution in [0.5, 0.6) is 0 Å². The van der Waals surface area contributed by atoms with Crippen molar-refractivity contribution in [3.8, 4) is 6.07 Å². The Balaban J connectivity index is 1.27. The molecular weight excluding hydrogens is 444 g/mol. The molecule has 1 aromatic carbocycles. The maximum Gasteiger partial charge on any atom is 0.323 e. The van der Waals surface area contributed by atoms with Gasteiger partial charge < -0.3 is 20.1 Å². The predicted octanol–water partition coefficient (Wildman–Crippen LogP) is 2.79. The number of carbonyl (C=O) groups is 2. The number of hydrogen-bond acceptors (Lipinski definition) is 5. The van der Waals surface area contributed by atoms with Gasteiger partial charge in [-0.1, -0.05) is 6.07 Å². The van der Waals surface area contributed by atoms with E-state index in [2.05, 4.69) is 15.5 Å². The van der Waals surface area contributed by atoms with Crippen molar-refractivity contribution in [2.75, 3.05) is 36.8 Å². The first-order valence-corrected chi connectivity index (χ1v) is 12.2. The van der Waals surface area contributed by atoms with E-state index < -0.39 is 6.03 Å². The number of amides is 3. The zero-order valence-corrected chi connectivity index (χ0v) is 19.9. The zero-order valence-electron chi connectivity index (χ0n) is 19.9. The lowest BCUT2D eigenvalue weighted by Crippen LogP contribution is -2.53. The summed E-state index contributed by atoms with van der Waals surface area (Å²) in [6.07, 6.45) is 3.08. The average Bonchev–Trinajstić information content (AvgIpc) is 2.86. The first-order chi connectivity index (χ1) is 16.9. The van der Waals surface area contributed by atoms with E-state index >= 15 is 0 Å². The minimum atomic E-state index is -0.517. The van der Waals surface area contributed by atoms with Gasteiger partial charge >= 0.3 is 6.03 Å². The highest BCUT2D eigenvalue weighted by atomic mass is 16.2. The third-order valence-electron chi connectivity index (χ3n) is 7.56. The van der Waals surface area contributed by atoms with Crippen molar-refractivity contribution < 1.29 is 9.59 Å². The summed E-state index contributed by atoms with van der Waals surface area (Å²) >= 11 is 0. The number of piperidine rings is 2. The normalized spacial score (nSPS) is 22.1. The number of carbonyl (C=O) groups excluding carboxylic acids is 2. The van der Waals surface area contributed by atoms with Crippen LogP contribution in [0.2, 0.25) is 0 Å². The van der Waals surface area contributed by atoms with Gasteiger partial charge in [0.05, 0.1) is 11.6 Å². The van der Waals surface area contributed by atoms with Gasteiger partial charge in [-0.2, -0.15) is 5.26 Å². The molecule has 2 aromatic rings. The second-order valence-corrected chi connectivity index (χ2v) is 9.85.